The minimum atomic E-state index is 0.213. The number of aliphatic hydroxyl groups is 1. The minimum Gasteiger partial charge on any atom is -0.396 e. The van der Waals surface area contributed by atoms with Crippen molar-refractivity contribution < 1.29 is 5.11 Å². The fraction of sp³-hybridized carbons (Fsp3) is 0.400. The topological polar surface area (TPSA) is 37.5 Å². The van der Waals surface area contributed by atoms with E-state index in [0.29, 0.717) is 0 Å². The molecule has 0 saturated carbocycles. The van der Waals surface area contributed by atoms with E-state index < -0.39 is 0 Å². The van der Waals surface area contributed by atoms with Gasteiger partial charge in [-0.15, -0.1) is 11.3 Å². The molecule has 102 valence electrons. The van der Waals surface area contributed by atoms with Crippen molar-refractivity contribution in [3.8, 4) is 0 Å². The summed E-state index contributed by atoms with van der Waals surface area (Å²) in [5.74, 6) is 0. The van der Waals surface area contributed by atoms with Crippen LogP contribution in [0.5, 0.6) is 0 Å². The molecule has 1 aromatic carbocycles. The van der Waals surface area contributed by atoms with Crippen LogP contribution in [0, 0.1) is 20.8 Å². The summed E-state index contributed by atoms with van der Waals surface area (Å²) in [6.07, 6.45) is 0.761. The van der Waals surface area contributed by atoms with Crippen molar-refractivity contribution in [1.82, 2.24) is 4.57 Å². The first-order chi connectivity index (χ1) is 9.13. The first-order valence-corrected chi connectivity index (χ1v) is 7.38. The first-order valence-electron chi connectivity index (χ1n) is 6.50. The molecule has 2 aromatic rings. The highest BCUT2D eigenvalue weighted by Gasteiger charge is 2.04. The third-order valence-corrected chi connectivity index (χ3v) is 4.16. The number of aromatic nitrogens is 1. The van der Waals surface area contributed by atoms with Gasteiger partial charge in [-0.25, -0.2) is 4.99 Å². The highest BCUT2D eigenvalue weighted by molar-refractivity contribution is 7.07. The number of thiazole rings is 1. The van der Waals surface area contributed by atoms with Crippen LogP contribution in [0.3, 0.4) is 0 Å². The fourth-order valence-electron chi connectivity index (χ4n) is 2.08. The predicted molar refractivity (Wildman–Crippen MR) is 79.9 cm³/mol. The molecule has 0 bridgehead atoms. The van der Waals surface area contributed by atoms with Gasteiger partial charge in [0.2, 0.25) is 0 Å². The van der Waals surface area contributed by atoms with Crippen LogP contribution in [0.25, 0.3) is 0 Å². The Balaban J connectivity index is 2.49. The molecule has 0 fully saturated rings. The average Bonchev–Trinajstić information content (AvgIpc) is 2.72. The van der Waals surface area contributed by atoms with E-state index in [9.17, 15) is 0 Å². The third kappa shape index (κ3) is 3.14. The average molecular weight is 276 g/mol. The van der Waals surface area contributed by atoms with Gasteiger partial charge in [0.15, 0.2) is 4.80 Å². The van der Waals surface area contributed by atoms with Crippen LogP contribution in [0.2, 0.25) is 0 Å². The summed E-state index contributed by atoms with van der Waals surface area (Å²) in [4.78, 5) is 5.82. The number of nitrogens with zero attached hydrogens (tertiary/aromatic N) is 2. The van der Waals surface area contributed by atoms with Crippen molar-refractivity contribution in [2.75, 3.05) is 6.61 Å². The molecule has 0 radical (unpaired) electrons. The molecule has 4 heteroatoms. The summed E-state index contributed by atoms with van der Waals surface area (Å²) in [7, 11) is 0. The highest BCUT2D eigenvalue weighted by atomic mass is 32.1. The summed E-state index contributed by atoms with van der Waals surface area (Å²) in [6, 6.07) is 6.23. The molecule has 0 amide bonds. The van der Waals surface area contributed by atoms with Crippen LogP contribution in [0.15, 0.2) is 28.6 Å². The number of para-hydroxylation sites is 1. The van der Waals surface area contributed by atoms with Crippen LogP contribution in [0.1, 0.15) is 23.2 Å². The maximum atomic E-state index is 8.98. The van der Waals surface area contributed by atoms with Crippen molar-refractivity contribution >= 4 is 17.0 Å². The number of aryl methyl sites for hydroxylation is 3. The SMILES string of the molecule is Cc1cccc(C)c1N=c1scc(C)n1CCCO. The van der Waals surface area contributed by atoms with Gasteiger partial charge in [-0.3, -0.25) is 0 Å². The molecule has 0 aliphatic rings. The molecule has 0 unspecified atom stereocenters. The quantitative estimate of drug-likeness (QED) is 0.915. The van der Waals surface area contributed by atoms with Crippen LogP contribution in [0.4, 0.5) is 5.69 Å². The summed E-state index contributed by atoms with van der Waals surface area (Å²) >= 11 is 1.65. The van der Waals surface area contributed by atoms with E-state index in [1.807, 2.05) is 0 Å². The van der Waals surface area contributed by atoms with E-state index in [1.165, 1.54) is 16.8 Å². The maximum Gasteiger partial charge on any atom is 0.190 e. The Bertz CT molecular complexity index is 605. The van der Waals surface area contributed by atoms with Gasteiger partial charge in [-0.2, -0.15) is 0 Å². The summed E-state index contributed by atoms with van der Waals surface area (Å²) in [5.41, 5.74) is 4.64. The number of hydrogen-bond acceptors (Lipinski definition) is 3. The van der Waals surface area contributed by atoms with Gasteiger partial charge in [0, 0.05) is 24.2 Å². The Morgan fingerprint density at radius 3 is 2.53 bits per heavy atom. The van der Waals surface area contributed by atoms with Crippen LogP contribution in [-0.4, -0.2) is 16.3 Å². The van der Waals surface area contributed by atoms with E-state index in [4.69, 9.17) is 10.1 Å². The Labute approximate surface area is 117 Å². The van der Waals surface area contributed by atoms with Crippen LogP contribution in [-0.2, 0) is 6.54 Å². The molecule has 0 saturated heterocycles. The molecule has 2 rings (SSSR count). The third-order valence-electron chi connectivity index (χ3n) is 3.18. The zero-order valence-corrected chi connectivity index (χ0v) is 12.5. The standard InChI is InChI=1S/C15H20N2OS/c1-11-6-4-7-12(2)14(11)16-15-17(8-5-9-18)13(3)10-19-15/h4,6-7,10,18H,5,8-9H2,1-3H3. The molecule has 19 heavy (non-hydrogen) atoms. The van der Waals surface area contributed by atoms with Crippen molar-refractivity contribution in [1.29, 1.82) is 0 Å². The molecule has 1 aromatic heterocycles. The van der Waals surface area contributed by atoms with Gasteiger partial charge in [0.25, 0.3) is 0 Å². The van der Waals surface area contributed by atoms with Gasteiger partial charge in [-0.1, -0.05) is 18.2 Å². The van der Waals surface area contributed by atoms with E-state index in [-0.39, 0.29) is 6.61 Å². The molecule has 1 heterocycles. The molecule has 0 atom stereocenters. The number of benzene rings is 1. The second kappa shape index (κ2) is 6.17. The Kier molecular flexibility index (Phi) is 4.56. The number of rotatable bonds is 4. The predicted octanol–water partition coefficient (Wildman–Crippen LogP) is 3.09. The molecule has 3 nitrogen and oxygen atoms in total. The lowest BCUT2D eigenvalue weighted by Crippen LogP contribution is -2.17. The monoisotopic (exact) mass is 276 g/mol. The largest absolute Gasteiger partial charge is 0.396 e. The fourth-order valence-corrected chi connectivity index (χ4v) is 2.99. The second-order valence-corrected chi connectivity index (χ2v) is 5.58. The lowest BCUT2D eigenvalue weighted by Gasteiger charge is -2.06. The number of aliphatic hydroxyl groups excluding tert-OH is 1. The summed E-state index contributed by atoms with van der Waals surface area (Å²) in [6.45, 7) is 7.28. The molecular weight excluding hydrogens is 256 g/mol. The second-order valence-electron chi connectivity index (χ2n) is 4.74. The molecule has 1 N–H and O–H groups in total. The van der Waals surface area contributed by atoms with E-state index in [2.05, 4.69) is 48.9 Å². The van der Waals surface area contributed by atoms with Gasteiger partial charge >= 0.3 is 0 Å². The zero-order valence-electron chi connectivity index (χ0n) is 11.7. The normalized spacial score (nSPS) is 12.1. The Morgan fingerprint density at radius 1 is 1.21 bits per heavy atom. The Hall–Kier alpha value is -1.39. The van der Waals surface area contributed by atoms with Crippen molar-refractivity contribution in [3.05, 3.63) is 45.2 Å². The van der Waals surface area contributed by atoms with Crippen molar-refractivity contribution in [2.45, 2.75) is 33.7 Å². The van der Waals surface area contributed by atoms with Crippen LogP contribution < -0.4 is 4.80 Å². The maximum absolute atomic E-state index is 8.98. The van der Waals surface area contributed by atoms with E-state index in [1.54, 1.807) is 11.3 Å². The summed E-state index contributed by atoms with van der Waals surface area (Å²) in [5, 5.41) is 11.1. The lowest BCUT2D eigenvalue weighted by molar-refractivity contribution is 0.279. The summed E-state index contributed by atoms with van der Waals surface area (Å²) < 4.78 is 2.17. The van der Waals surface area contributed by atoms with Gasteiger partial charge in [0.05, 0.1) is 5.69 Å². The van der Waals surface area contributed by atoms with Crippen molar-refractivity contribution in [2.24, 2.45) is 4.99 Å². The molecule has 0 aliphatic carbocycles. The first kappa shape index (κ1) is 14.0. The van der Waals surface area contributed by atoms with Crippen molar-refractivity contribution in [3.63, 3.8) is 0 Å². The Morgan fingerprint density at radius 2 is 1.89 bits per heavy atom. The van der Waals surface area contributed by atoms with E-state index in [0.717, 1.165) is 23.5 Å². The van der Waals surface area contributed by atoms with Gasteiger partial charge < -0.3 is 9.67 Å². The molecule has 0 aliphatic heterocycles. The highest BCUT2D eigenvalue weighted by Crippen LogP contribution is 2.22. The van der Waals surface area contributed by atoms with E-state index >= 15 is 0 Å². The molecular formula is C15H20N2OS. The van der Waals surface area contributed by atoms with Crippen LogP contribution >= 0.6 is 11.3 Å². The number of hydrogen-bond donors (Lipinski definition) is 1. The zero-order chi connectivity index (χ0) is 13.8. The molecule has 0 spiro atoms. The smallest absolute Gasteiger partial charge is 0.190 e. The lowest BCUT2D eigenvalue weighted by atomic mass is 10.1. The van der Waals surface area contributed by atoms with Gasteiger partial charge in [0.1, 0.15) is 0 Å². The minimum absolute atomic E-state index is 0.213. The van der Waals surface area contributed by atoms with Gasteiger partial charge in [-0.05, 0) is 38.3 Å².